The molecule has 0 aromatic heterocycles. The fraction of sp³-hybridized carbons (Fsp3) is 1.00. The van der Waals surface area contributed by atoms with Crippen LogP contribution in [0.5, 0.6) is 0 Å². The van der Waals surface area contributed by atoms with Crippen molar-refractivity contribution in [2.24, 2.45) is 5.92 Å². The van der Waals surface area contributed by atoms with Crippen LogP contribution in [0.2, 0.25) is 0 Å². The second-order valence-corrected chi connectivity index (χ2v) is 6.21. The molecule has 0 spiro atoms. The predicted octanol–water partition coefficient (Wildman–Crippen LogP) is 1.24. The minimum absolute atomic E-state index is 0.448. The van der Waals surface area contributed by atoms with E-state index in [-0.39, 0.29) is 0 Å². The van der Waals surface area contributed by atoms with Crippen molar-refractivity contribution in [2.75, 3.05) is 45.9 Å². The van der Waals surface area contributed by atoms with Crippen LogP contribution < -0.4 is 5.32 Å². The summed E-state index contributed by atoms with van der Waals surface area (Å²) >= 11 is 0. The second kappa shape index (κ2) is 7.58. The van der Waals surface area contributed by atoms with E-state index in [4.69, 9.17) is 4.74 Å². The molecule has 0 unspecified atom stereocenters. The topological polar surface area (TPSA) is 44.7 Å². The molecule has 112 valence electrons. The van der Waals surface area contributed by atoms with E-state index in [1.165, 1.54) is 19.3 Å². The summed E-state index contributed by atoms with van der Waals surface area (Å²) in [4.78, 5) is 2.43. The molecule has 2 aliphatic rings. The number of aliphatic hydroxyl groups is 1. The highest BCUT2D eigenvalue weighted by atomic mass is 16.5. The first-order valence-electron chi connectivity index (χ1n) is 7.95. The minimum atomic E-state index is -0.448. The molecule has 1 saturated heterocycles. The SMILES string of the molecule is CCC1CCC(O)(CNCCN2CCOCC2)CC1. The number of morpholine rings is 1. The van der Waals surface area contributed by atoms with Gasteiger partial charge in [0, 0.05) is 32.7 Å². The lowest BCUT2D eigenvalue weighted by Crippen LogP contribution is -2.46. The van der Waals surface area contributed by atoms with Crippen molar-refractivity contribution < 1.29 is 9.84 Å². The van der Waals surface area contributed by atoms with E-state index in [1.54, 1.807) is 0 Å². The first kappa shape index (κ1) is 15.2. The number of hydrogen-bond acceptors (Lipinski definition) is 4. The molecule has 1 aliphatic heterocycles. The van der Waals surface area contributed by atoms with Crippen LogP contribution in [0.25, 0.3) is 0 Å². The van der Waals surface area contributed by atoms with Crippen molar-refractivity contribution in [2.45, 2.75) is 44.6 Å². The van der Waals surface area contributed by atoms with E-state index in [0.717, 1.165) is 64.7 Å². The van der Waals surface area contributed by atoms with E-state index < -0.39 is 5.60 Å². The third-order valence-corrected chi connectivity index (χ3v) is 4.78. The largest absolute Gasteiger partial charge is 0.389 e. The maximum atomic E-state index is 10.5. The van der Waals surface area contributed by atoms with E-state index >= 15 is 0 Å². The van der Waals surface area contributed by atoms with Gasteiger partial charge < -0.3 is 15.2 Å². The third kappa shape index (κ3) is 5.03. The molecular weight excluding hydrogens is 240 g/mol. The first-order valence-corrected chi connectivity index (χ1v) is 7.95. The van der Waals surface area contributed by atoms with Crippen LogP contribution in [0.1, 0.15) is 39.0 Å². The zero-order valence-electron chi connectivity index (χ0n) is 12.4. The number of hydrogen-bond donors (Lipinski definition) is 2. The fourth-order valence-corrected chi connectivity index (χ4v) is 3.18. The summed E-state index contributed by atoms with van der Waals surface area (Å²) in [6.45, 7) is 8.87. The van der Waals surface area contributed by atoms with Crippen LogP contribution in [0.15, 0.2) is 0 Å². The van der Waals surface area contributed by atoms with Crippen LogP contribution in [-0.4, -0.2) is 61.5 Å². The highest BCUT2D eigenvalue weighted by molar-refractivity contribution is 4.87. The van der Waals surface area contributed by atoms with Gasteiger partial charge in [0.25, 0.3) is 0 Å². The molecule has 0 aromatic carbocycles. The van der Waals surface area contributed by atoms with Crippen molar-refractivity contribution in [3.63, 3.8) is 0 Å². The highest BCUT2D eigenvalue weighted by Gasteiger charge is 2.32. The smallest absolute Gasteiger partial charge is 0.0771 e. The molecule has 2 fully saturated rings. The van der Waals surface area contributed by atoms with Gasteiger partial charge in [-0.1, -0.05) is 13.3 Å². The lowest BCUT2D eigenvalue weighted by molar-refractivity contribution is -0.00974. The van der Waals surface area contributed by atoms with E-state index in [1.807, 2.05) is 0 Å². The highest BCUT2D eigenvalue weighted by Crippen LogP contribution is 2.33. The molecule has 2 N–H and O–H groups in total. The molecule has 0 atom stereocenters. The molecule has 1 aliphatic carbocycles. The van der Waals surface area contributed by atoms with Gasteiger partial charge in [-0.25, -0.2) is 0 Å². The van der Waals surface area contributed by atoms with Gasteiger partial charge in [-0.3, -0.25) is 4.90 Å². The number of nitrogens with one attached hydrogen (secondary N) is 1. The van der Waals surface area contributed by atoms with E-state index in [9.17, 15) is 5.11 Å². The fourth-order valence-electron chi connectivity index (χ4n) is 3.18. The van der Waals surface area contributed by atoms with Gasteiger partial charge in [0.05, 0.1) is 18.8 Å². The Morgan fingerprint density at radius 1 is 1.26 bits per heavy atom. The monoisotopic (exact) mass is 270 g/mol. The van der Waals surface area contributed by atoms with Crippen LogP contribution in [0.3, 0.4) is 0 Å². The minimum Gasteiger partial charge on any atom is -0.389 e. The molecule has 0 amide bonds. The molecule has 19 heavy (non-hydrogen) atoms. The van der Waals surface area contributed by atoms with Gasteiger partial charge >= 0.3 is 0 Å². The Bertz CT molecular complexity index is 247. The van der Waals surface area contributed by atoms with Gasteiger partial charge in [-0.05, 0) is 31.6 Å². The number of ether oxygens (including phenoxy) is 1. The van der Waals surface area contributed by atoms with Crippen LogP contribution in [-0.2, 0) is 4.74 Å². The number of rotatable bonds is 6. The van der Waals surface area contributed by atoms with Crippen molar-refractivity contribution in [1.29, 1.82) is 0 Å². The van der Waals surface area contributed by atoms with Crippen molar-refractivity contribution >= 4 is 0 Å². The molecule has 1 heterocycles. The van der Waals surface area contributed by atoms with E-state index in [2.05, 4.69) is 17.1 Å². The maximum Gasteiger partial charge on any atom is 0.0771 e. The average molecular weight is 270 g/mol. The van der Waals surface area contributed by atoms with Gasteiger partial charge in [-0.2, -0.15) is 0 Å². The Labute approximate surface area is 117 Å². The second-order valence-electron chi connectivity index (χ2n) is 6.21. The maximum absolute atomic E-state index is 10.5. The third-order valence-electron chi connectivity index (χ3n) is 4.78. The van der Waals surface area contributed by atoms with Gasteiger partial charge in [0.15, 0.2) is 0 Å². The molecule has 0 bridgehead atoms. The summed E-state index contributed by atoms with van der Waals surface area (Å²) in [5.41, 5.74) is -0.448. The first-order chi connectivity index (χ1) is 9.22. The predicted molar refractivity (Wildman–Crippen MR) is 77.3 cm³/mol. The molecule has 1 saturated carbocycles. The summed E-state index contributed by atoms with van der Waals surface area (Å²) in [5, 5.41) is 14.0. The summed E-state index contributed by atoms with van der Waals surface area (Å²) in [6, 6.07) is 0. The summed E-state index contributed by atoms with van der Waals surface area (Å²) in [7, 11) is 0. The van der Waals surface area contributed by atoms with E-state index in [0.29, 0.717) is 0 Å². The summed E-state index contributed by atoms with van der Waals surface area (Å²) in [5.74, 6) is 0.841. The van der Waals surface area contributed by atoms with Crippen LogP contribution in [0.4, 0.5) is 0 Å². The zero-order chi connectivity index (χ0) is 13.6. The Kier molecular flexibility index (Phi) is 6.07. The molecule has 4 nitrogen and oxygen atoms in total. The standard InChI is InChI=1S/C15H30N2O2/c1-2-14-3-5-15(18,6-4-14)13-16-7-8-17-9-11-19-12-10-17/h14,16,18H,2-13H2,1H3. The average Bonchev–Trinajstić information content (AvgIpc) is 2.46. The summed E-state index contributed by atoms with van der Waals surface area (Å²) < 4.78 is 5.34. The van der Waals surface area contributed by atoms with Crippen LogP contribution in [0, 0.1) is 5.92 Å². The normalized spacial score (nSPS) is 33.5. The summed E-state index contributed by atoms with van der Waals surface area (Å²) in [6.07, 6.45) is 5.59. The van der Waals surface area contributed by atoms with Crippen molar-refractivity contribution in [1.82, 2.24) is 10.2 Å². The Morgan fingerprint density at radius 3 is 2.58 bits per heavy atom. The Morgan fingerprint density at radius 2 is 1.95 bits per heavy atom. The quantitative estimate of drug-likeness (QED) is 0.713. The van der Waals surface area contributed by atoms with Crippen molar-refractivity contribution in [3.05, 3.63) is 0 Å². The molecular formula is C15H30N2O2. The Balaban J connectivity index is 1.57. The van der Waals surface area contributed by atoms with Crippen molar-refractivity contribution in [3.8, 4) is 0 Å². The lowest BCUT2D eigenvalue weighted by atomic mass is 9.78. The molecule has 0 aromatic rings. The van der Waals surface area contributed by atoms with Gasteiger partial charge in [0.1, 0.15) is 0 Å². The molecule has 2 rings (SSSR count). The molecule has 0 radical (unpaired) electrons. The van der Waals surface area contributed by atoms with Gasteiger partial charge in [-0.15, -0.1) is 0 Å². The van der Waals surface area contributed by atoms with Gasteiger partial charge in [0.2, 0.25) is 0 Å². The zero-order valence-corrected chi connectivity index (χ0v) is 12.4. The number of nitrogens with zero attached hydrogens (tertiary/aromatic N) is 1. The Hall–Kier alpha value is -0.160. The van der Waals surface area contributed by atoms with Crippen LogP contribution >= 0.6 is 0 Å². The molecule has 4 heteroatoms. The lowest BCUT2D eigenvalue weighted by Gasteiger charge is -2.36.